The molecule has 2 aromatic carbocycles. The Kier molecular flexibility index (Phi) is 5.55. The maximum absolute atomic E-state index is 13.1. The van der Waals surface area contributed by atoms with Crippen LogP contribution in [-0.4, -0.2) is 24.9 Å². The van der Waals surface area contributed by atoms with Crippen molar-refractivity contribution in [2.75, 3.05) is 0 Å². The van der Waals surface area contributed by atoms with Gasteiger partial charge in [0, 0.05) is 11.8 Å². The molecule has 0 spiro atoms. The van der Waals surface area contributed by atoms with Crippen molar-refractivity contribution in [1.29, 1.82) is 0 Å². The Bertz CT molecular complexity index is 1260. The number of para-hydroxylation sites is 1. The highest BCUT2D eigenvalue weighted by Gasteiger charge is 2.32. The molecule has 7 heteroatoms. The summed E-state index contributed by atoms with van der Waals surface area (Å²) in [5.41, 5.74) is 3.77. The SMILES string of the molecule is O=C1/C(=C/c2cn(-c3ccccc3)nc2-c2cccs2)SC(=S)N1Cc1ccccc1. The van der Waals surface area contributed by atoms with Gasteiger partial charge in [-0.3, -0.25) is 9.69 Å². The van der Waals surface area contributed by atoms with Gasteiger partial charge in [-0.1, -0.05) is 78.6 Å². The van der Waals surface area contributed by atoms with E-state index in [-0.39, 0.29) is 5.91 Å². The second kappa shape index (κ2) is 8.63. The molecule has 0 bridgehead atoms. The van der Waals surface area contributed by atoms with Crippen LogP contribution in [0.3, 0.4) is 0 Å². The van der Waals surface area contributed by atoms with Gasteiger partial charge < -0.3 is 0 Å². The highest BCUT2D eigenvalue weighted by Crippen LogP contribution is 2.36. The molecule has 1 fully saturated rings. The first-order chi connectivity index (χ1) is 15.2. The van der Waals surface area contributed by atoms with Crippen molar-refractivity contribution >= 4 is 51.6 Å². The number of aromatic nitrogens is 2. The van der Waals surface area contributed by atoms with Crippen LogP contribution in [0.1, 0.15) is 11.1 Å². The Hall–Kier alpha value is -3.00. The zero-order valence-electron chi connectivity index (χ0n) is 16.3. The van der Waals surface area contributed by atoms with Crippen LogP contribution in [0.4, 0.5) is 0 Å². The molecular formula is C24H17N3OS3. The average Bonchev–Trinajstić information content (AvgIpc) is 3.52. The maximum atomic E-state index is 13.1. The molecule has 31 heavy (non-hydrogen) atoms. The normalized spacial score (nSPS) is 15.2. The van der Waals surface area contributed by atoms with Crippen LogP contribution in [0.5, 0.6) is 0 Å². The van der Waals surface area contributed by atoms with Gasteiger partial charge in [0.1, 0.15) is 10.0 Å². The predicted molar refractivity (Wildman–Crippen MR) is 132 cm³/mol. The van der Waals surface area contributed by atoms with Gasteiger partial charge in [0.05, 0.1) is 22.0 Å². The lowest BCUT2D eigenvalue weighted by atomic mass is 10.2. The number of carbonyl (C=O) groups is 1. The van der Waals surface area contributed by atoms with Gasteiger partial charge in [-0.25, -0.2) is 4.68 Å². The van der Waals surface area contributed by atoms with Crippen molar-refractivity contribution in [2.24, 2.45) is 0 Å². The van der Waals surface area contributed by atoms with E-state index in [1.54, 1.807) is 16.2 Å². The Balaban J connectivity index is 1.50. The fraction of sp³-hybridized carbons (Fsp3) is 0.0417. The van der Waals surface area contributed by atoms with Crippen LogP contribution in [0.25, 0.3) is 22.3 Å². The second-order valence-corrected chi connectivity index (χ2v) is 9.57. The molecule has 0 N–H and O–H groups in total. The number of benzene rings is 2. The molecule has 0 radical (unpaired) electrons. The smallest absolute Gasteiger partial charge is 0.266 e. The van der Waals surface area contributed by atoms with Crippen molar-refractivity contribution in [3.63, 3.8) is 0 Å². The summed E-state index contributed by atoms with van der Waals surface area (Å²) in [6, 6.07) is 23.9. The summed E-state index contributed by atoms with van der Waals surface area (Å²) < 4.78 is 2.43. The Labute approximate surface area is 193 Å². The first-order valence-corrected chi connectivity index (χ1v) is 11.8. The topological polar surface area (TPSA) is 38.1 Å². The highest BCUT2D eigenvalue weighted by atomic mass is 32.2. The zero-order chi connectivity index (χ0) is 21.2. The van der Waals surface area contributed by atoms with E-state index in [4.69, 9.17) is 17.3 Å². The summed E-state index contributed by atoms with van der Waals surface area (Å²) >= 11 is 8.48. The van der Waals surface area contributed by atoms with Crippen molar-refractivity contribution in [3.8, 4) is 16.3 Å². The summed E-state index contributed by atoms with van der Waals surface area (Å²) in [6.45, 7) is 0.476. The molecule has 0 atom stereocenters. The average molecular weight is 460 g/mol. The van der Waals surface area contributed by atoms with Gasteiger partial charge in [0.15, 0.2) is 0 Å². The summed E-state index contributed by atoms with van der Waals surface area (Å²) in [5.74, 6) is -0.0663. The largest absolute Gasteiger partial charge is 0.288 e. The highest BCUT2D eigenvalue weighted by molar-refractivity contribution is 8.26. The number of amides is 1. The lowest BCUT2D eigenvalue weighted by molar-refractivity contribution is -0.122. The maximum Gasteiger partial charge on any atom is 0.266 e. The van der Waals surface area contributed by atoms with Crippen molar-refractivity contribution in [3.05, 3.63) is 100 Å². The molecule has 0 unspecified atom stereocenters. The number of thiocarbonyl (C=S) groups is 1. The minimum atomic E-state index is -0.0663. The molecule has 1 aliphatic rings. The summed E-state index contributed by atoms with van der Waals surface area (Å²) in [7, 11) is 0. The van der Waals surface area contributed by atoms with Crippen molar-refractivity contribution in [1.82, 2.24) is 14.7 Å². The second-order valence-electron chi connectivity index (χ2n) is 6.94. The molecule has 2 aromatic heterocycles. The van der Waals surface area contributed by atoms with Gasteiger partial charge in [0.2, 0.25) is 0 Å². The van der Waals surface area contributed by atoms with E-state index in [0.717, 1.165) is 27.4 Å². The van der Waals surface area contributed by atoms with Gasteiger partial charge in [-0.15, -0.1) is 11.3 Å². The molecule has 0 aliphatic carbocycles. The quantitative estimate of drug-likeness (QED) is 0.271. The van der Waals surface area contributed by atoms with Crippen molar-refractivity contribution in [2.45, 2.75) is 6.54 Å². The van der Waals surface area contributed by atoms with E-state index in [1.165, 1.54) is 11.8 Å². The van der Waals surface area contributed by atoms with E-state index >= 15 is 0 Å². The van der Waals surface area contributed by atoms with Crippen LogP contribution in [0, 0.1) is 0 Å². The molecule has 5 rings (SSSR count). The van der Waals surface area contributed by atoms with Crippen molar-refractivity contribution < 1.29 is 4.79 Å². The monoisotopic (exact) mass is 459 g/mol. The molecule has 4 nitrogen and oxygen atoms in total. The Morgan fingerprint density at radius 2 is 1.71 bits per heavy atom. The molecule has 0 saturated carbocycles. The number of rotatable bonds is 5. The third-order valence-electron chi connectivity index (χ3n) is 4.86. The fourth-order valence-corrected chi connectivity index (χ4v) is 5.33. The number of carbonyl (C=O) groups excluding carboxylic acids is 1. The van der Waals surface area contributed by atoms with Crippen LogP contribution in [-0.2, 0) is 11.3 Å². The molecule has 1 aliphatic heterocycles. The predicted octanol–water partition coefficient (Wildman–Crippen LogP) is 6.00. The van der Waals surface area contributed by atoms with Crippen LogP contribution >= 0.6 is 35.3 Å². The summed E-state index contributed by atoms with van der Waals surface area (Å²) in [4.78, 5) is 16.5. The third-order valence-corrected chi connectivity index (χ3v) is 7.12. The fourth-order valence-electron chi connectivity index (χ4n) is 3.35. The minimum Gasteiger partial charge on any atom is -0.288 e. The minimum absolute atomic E-state index is 0.0663. The molecule has 152 valence electrons. The van der Waals surface area contributed by atoms with E-state index in [1.807, 2.05) is 95.1 Å². The summed E-state index contributed by atoms with van der Waals surface area (Å²) in [6.07, 6.45) is 3.87. The Morgan fingerprint density at radius 3 is 2.42 bits per heavy atom. The van der Waals surface area contributed by atoms with Crippen LogP contribution < -0.4 is 0 Å². The molecule has 3 heterocycles. The number of hydrogen-bond donors (Lipinski definition) is 0. The van der Waals surface area contributed by atoms with E-state index < -0.39 is 0 Å². The first-order valence-electron chi connectivity index (χ1n) is 9.67. The molecule has 1 saturated heterocycles. The van der Waals surface area contributed by atoms with Gasteiger partial charge >= 0.3 is 0 Å². The van der Waals surface area contributed by atoms with Crippen LogP contribution in [0.2, 0.25) is 0 Å². The van der Waals surface area contributed by atoms with Gasteiger partial charge in [-0.05, 0) is 35.2 Å². The van der Waals surface area contributed by atoms with E-state index in [9.17, 15) is 4.79 Å². The lowest BCUT2D eigenvalue weighted by Gasteiger charge is -2.14. The van der Waals surface area contributed by atoms with Crippen LogP contribution in [0.15, 0.2) is 89.3 Å². The number of nitrogens with zero attached hydrogens (tertiary/aromatic N) is 3. The number of thiophene rings is 1. The number of thioether (sulfide) groups is 1. The molecular weight excluding hydrogens is 442 g/mol. The van der Waals surface area contributed by atoms with E-state index in [2.05, 4.69) is 0 Å². The van der Waals surface area contributed by atoms with E-state index in [0.29, 0.717) is 15.8 Å². The lowest BCUT2D eigenvalue weighted by Crippen LogP contribution is -2.27. The Morgan fingerprint density at radius 1 is 0.968 bits per heavy atom. The van der Waals surface area contributed by atoms with Gasteiger partial charge in [-0.2, -0.15) is 5.10 Å². The van der Waals surface area contributed by atoms with Gasteiger partial charge in [0.25, 0.3) is 5.91 Å². The zero-order valence-corrected chi connectivity index (χ0v) is 18.8. The molecule has 4 aromatic rings. The first kappa shape index (κ1) is 19.9. The molecule has 1 amide bonds. The third kappa shape index (κ3) is 4.12. The number of hydrogen-bond acceptors (Lipinski definition) is 5. The summed E-state index contributed by atoms with van der Waals surface area (Å²) in [5, 5.41) is 6.84. The standard InChI is InChI=1S/C24H17N3OS3/c28-23-21(31-24(29)26(23)15-17-8-3-1-4-9-17)14-18-16-27(19-10-5-2-6-11-19)25-22(18)20-12-7-13-30-20/h1-14,16H,15H2/b21-14-.